The number of hydrogen-bond donors (Lipinski definition) is 2. The van der Waals surface area contributed by atoms with Gasteiger partial charge in [-0.1, -0.05) is 19.3 Å². The first kappa shape index (κ1) is 18.2. The Morgan fingerprint density at radius 2 is 1.68 bits per heavy atom. The van der Waals surface area contributed by atoms with Crippen LogP contribution in [0, 0.1) is 5.92 Å². The summed E-state index contributed by atoms with van der Waals surface area (Å²) in [5.41, 5.74) is 1.11. The molecule has 4 fully saturated rings. The summed E-state index contributed by atoms with van der Waals surface area (Å²) in [5.74, 6) is 0.792. The summed E-state index contributed by atoms with van der Waals surface area (Å²) in [6.07, 6.45) is 8.40. The Kier molecular flexibility index (Phi) is 4.71. The van der Waals surface area contributed by atoms with E-state index >= 15 is 0 Å². The molecule has 0 amide bonds. The SMILES string of the molecule is CC(C)N1CCNC2(CC2C(C)(C)N2CCNC3(CCCCC3)C2)C1. The minimum absolute atomic E-state index is 0.305. The third-order valence-electron chi connectivity index (χ3n) is 8.02. The maximum atomic E-state index is 3.94. The molecule has 4 nitrogen and oxygen atoms in total. The van der Waals surface area contributed by atoms with Gasteiger partial charge in [-0.25, -0.2) is 0 Å². The molecule has 4 aliphatic rings. The second kappa shape index (κ2) is 6.47. The van der Waals surface area contributed by atoms with Crippen molar-refractivity contribution in [2.75, 3.05) is 39.3 Å². The molecule has 2 saturated heterocycles. The average molecular weight is 349 g/mol. The quantitative estimate of drug-likeness (QED) is 0.820. The molecule has 2 atom stereocenters. The maximum absolute atomic E-state index is 3.94. The van der Waals surface area contributed by atoms with E-state index in [-0.39, 0.29) is 0 Å². The lowest BCUT2D eigenvalue weighted by molar-refractivity contribution is 0.00871. The molecule has 2 aliphatic carbocycles. The van der Waals surface area contributed by atoms with Gasteiger partial charge >= 0.3 is 0 Å². The molecule has 2 aliphatic heterocycles. The highest BCUT2D eigenvalue weighted by molar-refractivity contribution is 5.21. The average Bonchev–Trinajstić information content (AvgIpc) is 3.29. The highest BCUT2D eigenvalue weighted by Gasteiger charge is 2.63. The Morgan fingerprint density at radius 1 is 0.960 bits per heavy atom. The van der Waals surface area contributed by atoms with Crippen LogP contribution in [0.3, 0.4) is 0 Å². The van der Waals surface area contributed by atoms with Gasteiger partial charge in [0.15, 0.2) is 0 Å². The first-order chi connectivity index (χ1) is 11.9. The number of hydrogen-bond acceptors (Lipinski definition) is 4. The Labute approximate surface area is 155 Å². The maximum Gasteiger partial charge on any atom is 0.0359 e. The van der Waals surface area contributed by atoms with Gasteiger partial charge in [0, 0.05) is 61.9 Å². The van der Waals surface area contributed by atoms with Crippen molar-refractivity contribution in [3.63, 3.8) is 0 Å². The van der Waals surface area contributed by atoms with Crippen molar-refractivity contribution in [3.8, 4) is 0 Å². The smallest absolute Gasteiger partial charge is 0.0359 e. The van der Waals surface area contributed by atoms with Crippen LogP contribution < -0.4 is 10.6 Å². The van der Waals surface area contributed by atoms with Crippen LogP contribution in [-0.4, -0.2) is 71.7 Å². The van der Waals surface area contributed by atoms with Crippen LogP contribution in [0.15, 0.2) is 0 Å². The largest absolute Gasteiger partial charge is 0.309 e. The minimum atomic E-state index is 0.305. The summed E-state index contributed by atoms with van der Waals surface area (Å²) in [6.45, 7) is 17.0. The van der Waals surface area contributed by atoms with Crippen LogP contribution in [0.2, 0.25) is 0 Å². The fraction of sp³-hybridized carbons (Fsp3) is 1.00. The van der Waals surface area contributed by atoms with Crippen molar-refractivity contribution >= 4 is 0 Å². The first-order valence-corrected chi connectivity index (χ1v) is 10.9. The lowest BCUT2D eigenvalue weighted by Crippen LogP contribution is -2.66. The van der Waals surface area contributed by atoms with E-state index in [1.165, 1.54) is 71.2 Å². The highest BCUT2D eigenvalue weighted by atomic mass is 15.3. The Balaban J connectivity index is 1.45. The molecule has 2 saturated carbocycles. The van der Waals surface area contributed by atoms with E-state index < -0.39 is 0 Å². The van der Waals surface area contributed by atoms with Crippen LogP contribution in [-0.2, 0) is 0 Å². The molecule has 0 bridgehead atoms. The minimum Gasteiger partial charge on any atom is -0.309 e. The topological polar surface area (TPSA) is 30.5 Å². The van der Waals surface area contributed by atoms with Gasteiger partial charge in [-0.3, -0.25) is 9.80 Å². The standard InChI is InChI=1S/C21H40N4/c1-17(2)24-12-10-23-21(16-24)14-18(21)19(3,4)25-13-11-22-20(15-25)8-6-5-7-9-20/h17-18,22-23H,5-16H2,1-4H3. The second-order valence-electron chi connectivity index (χ2n) is 10.2. The van der Waals surface area contributed by atoms with Crippen molar-refractivity contribution in [2.24, 2.45) is 5.92 Å². The molecule has 4 rings (SSSR count). The molecule has 2 spiro atoms. The van der Waals surface area contributed by atoms with Gasteiger partial charge in [-0.2, -0.15) is 0 Å². The number of nitrogens with zero attached hydrogens (tertiary/aromatic N) is 2. The van der Waals surface area contributed by atoms with Gasteiger partial charge in [0.2, 0.25) is 0 Å². The number of nitrogens with one attached hydrogen (secondary N) is 2. The zero-order valence-corrected chi connectivity index (χ0v) is 17.0. The zero-order valence-electron chi connectivity index (χ0n) is 17.0. The Bertz CT molecular complexity index is 477. The summed E-state index contributed by atoms with van der Waals surface area (Å²) in [5, 5.41) is 7.86. The zero-order chi connectivity index (χ0) is 17.7. The molecule has 4 heteroatoms. The third kappa shape index (κ3) is 3.28. The summed E-state index contributed by atoms with van der Waals surface area (Å²) in [7, 11) is 0. The van der Waals surface area contributed by atoms with Gasteiger partial charge in [0.05, 0.1) is 0 Å². The van der Waals surface area contributed by atoms with Crippen molar-refractivity contribution in [3.05, 3.63) is 0 Å². The highest BCUT2D eigenvalue weighted by Crippen LogP contribution is 2.54. The Hall–Kier alpha value is -0.160. The molecule has 0 radical (unpaired) electrons. The second-order valence-corrected chi connectivity index (χ2v) is 10.2. The van der Waals surface area contributed by atoms with E-state index in [0.29, 0.717) is 22.7 Å². The first-order valence-electron chi connectivity index (χ1n) is 10.9. The molecule has 144 valence electrons. The van der Waals surface area contributed by atoms with Crippen molar-refractivity contribution in [1.29, 1.82) is 0 Å². The normalized spacial score (nSPS) is 37.1. The molecular formula is C21H40N4. The van der Waals surface area contributed by atoms with Gasteiger partial charge < -0.3 is 10.6 Å². The summed E-state index contributed by atoms with van der Waals surface area (Å²) in [4.78, 5) is 5.54. The van der Waals surface area contributed by atoms with Gasteiger partial charge in [-0.15, -0.1) is 0 Å². The molecule has 0 aromatic carbocycles. The van der Waals surface area contributed by atoms with Gasteiger partial charge in [-0.05, 0) is 52.9 Å². The third-order valence-corrected chi connectivity index (χ3v) is 8.02. The molecule has 2 N–H and O–H groups in total. The predicted octanol–water partition coefficient (Wildman–Crippen LogP) is 2.45. The number of rotatable bonds is 3. The van der Waals surface area contributed by atoms with Crippen molar-refractivity contribution in [2.45, 2.75) is 88.9 Å². The predicted molar refractivity (Wildman–Crippen MR) is 105 cm³/mol. The van der Waals surface area contributed by atoms with Crippen LogP contribution in [0.4, 0.5) is 0 Å². The van der Waals surface area contributed by atoms with Crippen LogP contribution in [0.25, 0.3) is 0 Å². The van der Waals surface area contributed by atoms with Crippen molar-refractivity contribution < 1.29 is 0 Å². The van der Waals surface area contributed by atoms with E-state index in [9.17, 15) is 0 Å². The lowest BCUT2D eigenvalue weighted by atomic mass is 9.78. The molecular weight excluding hydrogens is 308 g/mol. The van der Waals surface area contributed by atoms with Crippen molar-refractivity contribution in [1.82, 2.24) is 20.4 Å². The summed E-state index contributed by atoms with van der Waals surface area (Å²) < 4.78 is 0. The van der Waals surface area contributed by atoms with E-state index in [4.69, 9.17) is 0 Å². The van der Waals surface area contributed by atoms with E-state index in [1.54, 1.807) is 0 Å². The fourth-order valence-corrected chi connectivity index (χ4v) is 6.22. The summed E-state index contributed by atoms with van der Waals surface area (Å²) >= 11 is 0. The fourth-order valence-electron chi connectivity index (χ4n) is 6.22. The van der Waals surface area contributed by atoms with Crippen LogP contribution in [0.1, 0.15) is 66.2 Å². The van der Waals surface area contributed by atoms with Gasteiger partial charge in [0.1, 0.15) is 0 Å². The van der Waals surface area contributed by atoms with E-state index in [1.807, 2.05) is 0 Å². The van der Waals surface area contributed by atoms with Crippen LogP contribution in [0.5, 0.6) is 0 Å². The molecule has 25 heavy (non-hydrogen) atoms. The van der Waals surface area contributed by atoms with Gasteiger partial charge in [0.25, 0.3) is 0 Å². The van der Waals surface area contributed by atoms with E-state index in [0.717, 1.165) is 12.5 Å². The van der Waals surface area contributed by atoms with E-state index in [2.05, 4.69) is 48.1 Å². The van der Waals surface area contributed by atoms with Crippen LogP contribution >= 0.6 is 0 Å². The molecule has 2 heterocycles. The number of piperazine rings is 2. The molecule has 0 aromatic heterocycles. The molecule has 0 aromatic rings. The summed E-state index contributed by atoms with van der Waals surface area (Å²) in [6, 6.07) is 0.674. The Morgan fingerprint density at radius 3 is 2.40 bits per heavy atom. The monoisotopic (exact) mass is 348 g/mol. The lowest BCUT2D eigenvalue weighted by Gasteiger charge is -2.52. The molecule has 2 unspecified atom stereocenters.